The number of methoxy groups -OCH3 is 1. The molecular weight excluding hydrogens is 368 g/mol. The number of nitrogens with one attached hydrogen (secondary N) is 2. The van der Waals surface area contributed by atoms with Gasteiger partial charge in [-0.3, -0.25) is 0 Å². The summed E-state index contributed by atoms with van der Waals surface area (Å²) in [6.45, 7) is 1.74. The highest BCUT2D eigenvalue weighted by Gasteiger charge is 2.19. The van der Waals surface area contributed by atoms with Crippen molar-refractivity contribution >= 4 is 34.2 Å². The first kappa shape index (κ1) is 22.5. The molecule has 0 atom stereocenters. The van der Waals surface area contributed by atoms with E-state index in [1.165, 1.54) is 25.2 Å². The van der Waals surface area contributed by atoms with E-state index in [0.717, 1.165) is 4.31 Å². The lowest BCUT2D eigenvalue weighted by Gasteiger charge is -2.19. The number of rotatable bonds is 10. The number of halogens is 3. The molecule has 1 rings (SSSR count). The van der Waals surface area contributed by atoms with Crippen molar-refractivity contribution < 1.29 is 17.5 Å². The zero-order chi connectivity index (χ0) is 16.6. The van der Waals surface area contributed by atoms with E-state index in [1.54, 1.807) is 7.11 Å². The van der Waals surface area contributed by atoms with Crippen molar-refractivity contribution in [2.24, 2.45) is 0 Å². The number of ether oxygens (including phenoxy) is 1. The summed E-state index contributed by atoms with van der Waals surface area (Å²) in [4.78, 5) is 0. The normalized spacial score (nSPS) is 11.5. The average Bonchev–Trinajstić information content (AvgIpc) is 2.46. The van der Waals surface area contributed by atoms with E-state index in [1.807, 2.05) is 0 Å². The molecule has 2 N–H and O–H groups in total. The lowest BCUT2D eigenvalue weighted by atomic mass is 10.2. The molecule has 6 nitrogen and oxygen atoms in total. The van der Waals surface area contributed by atoms with Crippen LogP contribution >= 0.6 is 24.0 Å². The van der Waals surface area contributed by atoms with Crippen molar-refractivity contribution in [1.82, 2.24) is 14.3 Å². The molecular formula is C13H22Cl2FN3O3S. The summed E-state index contributed by atoms with van der Waals surface area (Å²) >= 11 is 5.90. The van der Waals surface area contributed by atoms with E-state index in [4.69, 9.17) is 16.3 Å². The van der Waals surface area contributed by atoms with Gasteiger partial charge in [-0.15, -0.1) is 12.4 Å². The molecule has 0 amide bonds. The van der Waals surface area contributed by atoms with Crippen LogP contribution in [-0.4, -0.2) is 53.1 Å². The van der Waals surface area contributed by atoms with Crippen LogP contribution in [0.1, 0.15) is 5.56 Å². The Labute approximate surface area is 147 Å². The molecule has 134 valence electrons. The summed E-state index contributed by atoms with van der Waals surface area (Å²) in [6.07, 6.45) is 0. The van der Waals surface area contributed by atoms with Crippen molar-refractivity contribution in [1.29, 1.82) is 0 Å². The van der Waals surface area contributed by atoms with Crippen molar-refractivity contribution in [3.63, 3.8) is 0 Å². The molecule has 0 heterocycles. The van der Waals surface area contributed by atoms with Gasteiger partial charge in [0, 0.05) is 50.9 Å². The van der Waals surface area contributed by atoms with Crippen LogP contribution in [0.4, 0.5) is 4.39 Å². The number of nitrogens with zero attached hydrogens (tertiary/aromatic N) is 1. The first-order valence-corrected chi connectivity index (χ1v) is 8.53. The molecule has 0 radical (unpaired) electrons. The Morgan fingerprint density at radius 2 is 2.00 bits per heavy atom. The van der Waals surface area contributed by atoms with Crippen LogP contribution < -0.4 is 10.0 Å². The van der Waals surface area contributed by atoms with Crippen LogP contribution in [0.15, 0.2) is 18.2 Å². The third-order valence-corrected chi connectivity index (χ3v) is 4.79. The Hall–Kier alpha value is -0.480. The van der Waals surface area contributed by atoms with Gasteiger partial charge in [-0.1, -0.05) is 17.7 Å². The fraction of sp³-hybridized carbons (Fsp3) is 0.538. The summed E-state index contributed by atoms with van der Waals surface area (Å²) in [6, 6.07) is 4.24. The SMILES string of the molecule is COCCNCCNS(=O)(=O)N(C)Cc1c(F)cccc1Cl.Cl. The summed E-state index contributed by atoms with van der Waals surface area (Å²) in [5, 5.41) is 3.21. The predicted octanol–water partition coefficient (Wildman–Crippen LogP) is 1.40. The molecule has 0 saturated carbocycles. The van der Waals surface area contributed by atoms with Crippen molar-refractivity contribution in [3.05, 3.63) is 34.6 Å². The second kappa shape index (κ2) is 11.1. The third kappa shape index (κ3) is 7.75. The molecule has 10 heteroatoms. The maximum atomic E-state index is 13.7. The average molecular weight is 390 g/mol. The molecule has 0 saturated heterocycles. The van der Waals surface area contributed by atoms with E-state index in [-0.39, 0.29) is 36.1 Å². The minimum atomic E-state index is -3.70. The van der Waals surface area contributed by atoms with E-state index < -0.39 is 16.0 Å². The zero-order valence-electron chi connectivity index (χ0n) is 13.0. The summed E-state index contributed by atoms with van der Waals surface area (Å²) < 4.78 is 46.1. The molecule has 0 unspecified atom stereocenters. The predicted molar refractivity (Wildman–Crippen MR) is 91.8 cm³/mol. The van der Waals surface area contributed by atoms with Crippen LogP contribution in [0.5, 0.6) is 0 Å². The molecule has 0 fully saturated rings. The van der Waals surface area contributed by atoms with Gasteiger partial charge in [0.25, 0.3) is 10.2 Å². The first-order valence-electron chi connectivity index (χ1n) is 6.72. The van der Waals surface area contributed by atoms with Gasteiger partial charge in [0.05, 0.1) is 6.61 Å². The van der Waals surface area contributed by atoms with Gasteiger partial charge in [0.1, 0.15) is 5.82 Å². The highest BCUT2D eigenvalue weighted by molar-refractivity contribution is 7.87. The van der Waals surface area contributed by atoms with Gasteiger partial charge >= 0.3 is 0 Å². The third-order valence-electron chi connectivity index (χ3n) is 2.92. The molecule has 1 aromatic rings. The lowest BCUT2D eigenvalue weighted by molar-refractivity contribution is 0.199. The van der Waals surface area contributed by atoms with Crippen molar-refractivity contribution in [2.75, 3.05) is 40.4 Å². The van der Waals surface area contributed by atoms with Gasteiger partial charge in [-0.05, 0) is 12.1 Å². The second-order valence-corrected chi connectivity index (χ2v) is 6.87. The van der Waals surface area contributed by atoms with Gasteiger partial charge < -0.3 is 10.1 Å². The zero-order valence-corrected chi connectivity index (χ0v) is 15.4. The Balaban J connectivity index is 0.00000484. The fourth-order valence-electron chi connectivity index (χ4n) is 1.67. The molecule has 1 aromatic carbocycles. The summed E-state index contributed by atoms with van der Waals surface area (Å²) in [5.74, 6) is -0.532. The molecule has 0 aliphatic rings. The topological polar surface area (TPSA) is 70.7 Å². The van der Waals surface area contributed by atoms with Crippen molar-refractivity contribution in [2.45, 2.75) is 6.54 Å². The minimum Gasteiger partial charge on any atom is -0.383 e. The number of benzene rings is 1. The Kier molecular flexibility index (Phi) is 10.9. The summed E-state index contributed by atoms with van der Waals surface area (Å²) in [7, 11) is -0.743. The quantitative estimate of drug-likeness (QED) is 0.593. The minimum absolute atomic E-state index is 0. The van der Waals surface area contributed by atoms with Crippen LogP contribution in [-0.2, 0) is 21.5 Å². The van der Waals surface area contributed by atoms with Gasteiger partial charge in [-0.2, -0.15) is 12.7 Å². The monoisotopic (exact) mass is 389 g/mol. The molecule has 0 aliphatic heterocycles. The molecule has 0 spiro atoms. The Bertz CT molecular complexity index is 555. The molecule has 23 heavy (non-hydrogen) atoms. The highest BCUT2D eigenvalue weighted by Crippen LogP contribution is 2.20. The van der Waals surface area contributed by atoms with Crippen LogP contribution in [0.2, 0.25) is 5.02 Å². The standard InChI is InChI=1S/C13H21ClFN3O3S.ClH/c1-18(10-11-12(14)4-3-5-13(11)15)22(19,20)17-7-6-16-8-9-21-2;/h3-5,16-17H,6-10H2,1-2H3;1H. The Morgan fingerprint density at radius 1 is 1.30 bits per heavy atom. The Morgan fingerprint density at radius 3 is 2.61 bits per heavy atom. The van der Waals surface area contributed by atoms with Gasteiger partial charge in [0.15, 0.2) is 0 Å². The van der Waals surface area contributed by atoms with E-state index in [2.05, 4.69) is 10.0 Å². The fourth-order valence-corrected chi connectivity index (χ4v) is 2.77. The maximum absolute atomic E-state index is 13.7. The number of hydrogen-bond donors (Lipinski definition) is 2. The van der Waals surface area contributed by atoms with Gasteiger partial charge in [0.2, 0.25) is 0 Å². The maximum Gasteiger partial charge on any atom is 0.279 e. The smallest absolute Gasteiger partial charge is 0.279 e. The van der Waals surface area contributed by atoms with E-state index >= 15 is 0 Å². The molecule has 0 aromatic heterocycles. The van der Waals surface area contributed by atoms with Crippen LogP contribution in [0.25, 0.3) is 0 Å². The van der Waals surface area contributed by atoms with Crippen LogP contribution in [0, 0.1) is 5.82 Å². The van der Waals surface area contributed by atoms with Gasteiger partial charge in [-0.25, -0.2) is 9.11 Å². The van der Waals surface area contributed by atoms with Crippen LogP contribution in [0.3, 0.4) is 0 Å². The van der Waals surface area contributed by atoms with Crippen molar-refractivity contribution in [3.8, 4) is 0 Å². The largest absolute Gasteiger partial charge is 0.383 e. The number of hydrogen-bond acceptors (Lipinski definition) is 4. The van der Waals surface area contributed by atoms with E-state index in [9.17, 15) is 12.8 Å². The summed E-state index contributed by atoms with van der Waals surface area (Å²) in [5.41, 5.74) is 0.148. The first-order chi connectivity index (χ1) is 10.4. The molecule has 0 bridgehead atoms. The highest BCUT2D eigenvalue weighted by atomic mass is 35.5. The molecule has 0 aliphatic carbocycles. The van der Waals surface area contributed by atoms with E-state index in [0.29, 0.717) is 19.7 Å². The second-order valence-electron chi connectivity index (χ2n) is 4.60. The lowest BCUT2D eigenvalue weighted by Crippen LogP contribution is -2.41.